The van der Waals surface area contributed by atoms with Crippen LogP contribution in [-0.2, 0) is 0 Å². The lowest BCUT2D eigenvalue weighted by molar-refractivity contribution is 0.102. The molecular weight excluding hydrogens is 260 g/mol. The Hall–Kier alpha value is -1.45. The maximum atomic E-state index is 11.9. The highest BCUT2D eigenvalue weighted by atomic mass is 32.2. The van der Waals surface area contributed by atoms with E-state index in [0.717, 1.165) is 15.3 Å². The van der Waals surface area contributed by atoms with Crippen molar-refractivity contribution in [2.24, 2.45) is 0 Å². The Balaban J connectivity index is 1.93. The second-order valence-corrected chi connectivity index (χ2v) is 5.38. The average molecular weight is 272 g/mol. The summed E-state index contributed by atoms with van der Waals surface area (Å²) < 4.78 is 0.764. The van der Waals surface area contributed by atoms with Gasteiger partial charge in [0.1, 0.15) is 0 Å². The Kier molecular flexibility index (Phi) is 4.67. The molecule has 0 aliphatic heterocycles. The molecule has 3 heteroatoms. The summed E-state index contributed by atoms with van der Waals surface area (Å²) in [6, 6.07) is 19.1. The molecular formula is C15H12OS2. The van der Waals surface area contributed by atoms with Crippen molar-refractivity contribution in [3.8, 4) is 0 Å². The van der Waals surface area contributed by atoms with E-state index in [1.165, 1.54) is 11.8 Å². The van der Waals surface area contributed by atoms with E-state index in [-0.39, 0.29) is 5.78 Å². The zero-order chi connectivity index (χ0) is 12.8. The summed E-state index contributed by atoms with van der Waals surface area (Å²) >= 11 is 6.71. The van der Waals surface area contributed by atoms with Gasteiger partial charge in [0, 0.05) is 5.56 Å². The SMILES string of the molecule is O=C(CSC(=S)c1ccccc1)c1ccccc1. The molecule has 1 nitrogen and oxygen atoms in total. The van der Waals surface area contributed by atoms with Crippen molar-refractivity contribution in [1.29, 1.82) is 0 Å². The van der Waals surface area contributed by atoms with Gasteiger partial charge in [-0.2, -0.15) is 0 Å². The summed E-state index contributed by atoms with van der Waals surface area (Å²) in [7, 11) is 0. The molecule has 0 spiro atoms. The molecule has 2 aromatic rings. The second kappa shape index (κ2) is 6.47. The van der Waals surface area contributed by atoms with Crippen LogP contribution in [-0.4, -0.2) is 15.7 Å². The third kappa shape index (κ3) is 3.52. The molecule has 0 aromatic heterocycles. The van der Waals surface area contributed by atoms with Gasteiger partial charge in [0.05, 0.1) is 9.95 Å². The summed E-state index contributed by atoms with van der Waals surface area (Å²) in [6.07, 6.45) is 0. The number of carbonyl (C=O) groups is 1. The number of thiocarbonyl (C=S) groups is 1. The van der Waals surface area contributed by atoms with Gasteiger partial charge in [-0.25, -0.2) is 0 Å². The molecule has 0 atom stereocenters. The monoisotopic (exact) mass is 272 g/mol. The molecule has 0 bridgehead atoms. The van der Waals surface area contributed by atoms with Crippen LogP contribution < -0.4 is 0 Å². The van der Waals surface area contributed by atoms with Gasteiger partial charge < -0.3 is 0 Å². The first-order valence-corrected chi connectivity index (χ1v) is 6.97. The molecule has 0 heterocycles. The standard InChI is InChI=1S/C15H12OS2/c16-14(12-7-3-1-4-8-12)11-18-15(17)13-9-5-2-6-10-13/h1-10H,11H2. The molecule has 0 radical (unpaired) electrons. The van der Waals surface area contributed by atoms with E-state index in [1.54, 1.807) is 0 Å². The summed E-state index contributed by atoms with van der Waals surface area (Å²) in [4.78, 5) is 11.9. The van der Waals surface area contributed by atoms with Crippen molar-refractivity contribution in [1.82, 2.24) is 0 Å². The van der Waals surface area contributed by atoms with Gasteiger partial charge in [0.2, 0.25) is 0 Å². The summed E-state index contributed by atoms with van der Waals surface area (Å²) in [5.74, 6) is 0.497. The lowest BCUT2D eigenvalue weighted by Gasteiger charge is -2.03. The highest BCUT2D eigenvalue weighted by Crippen LogP contribution is 2.15. The van der Waals surface area contributed by atoms with Crippen LogP contribution in [0.15, 0.2) is 60.7 Å². The first-order valence-electron chi connectivity index (χ1n) is 5.58. The maximum Gasteiger partial charge on any atom is 0.173 e. The average Bonchev–Trinajstić information content (AvgIpc) is 2.46. The number of hydrogen-bond acceptors (Lipinski definition) is 3. The molecule has 0 amide bonds. The third-order valence-electron chi connectivity index (χ3n) is 2.44. The van der Waals surface area contributed by atoms with Crippen LogP contribution in [0.3, 0.4) is 0 Å². The molecule has 18 heavy (non-hydrogen) atoms. The Morgan fingerprint density at radius 2 is 1.39 bits per heavy atom. The topological polar surface area (TPSA) is 17.1 Å². The first kappa shape index (κ1) is 13.0. The fourth-order valence-electron chi connectivity index (χ4n) is 1.50. The molecule has 0 saturated heterocycles. The second-order valence-electron chi connectivity index (χ2n) is 3.73. The van der Waals surface area contributed by atoms with Crippen LogP contribution >= 0.6 is 24.0 Å². The smallest absolute Gasteiger partial charge is 0.173 e. The van der Waals surface area contributed by atoms with Crippen molar-refractivity contribution in [3.05, 3.63) is 71.8 Å². The van der Waals surface area contributed by atoms with Crippen molar-refractivity contribution < 1.29 is 4.79 Å². The summed E-state index contributed by atoms with van der Waals surface area (Å²) in [5, 5.41) is 0. The lowest BCUT2D eigenvalue weighted by Crippen LogP contribution is -2.04. The molecule has 0 saturated carbocycles. The highest BCUT2D eigenvalue weighted by Gasteiger charge is 2.08. The van der Waals surface area contributed by atoms with Crippen LogP contribution in [0.5, 0.6) is 0 Å². The van der Waals surface area contributed by atoms with Crippen LogP contribution in [0.2, 0.25) is 0 Å². The Morgan fingerprint density at radius 1 is 0.889 bits per heavy atom. The van der Waals surface area contributed by atoms with Crippen molar-refractivity contribution in [2.45, 2.75) is 0 Å². The van der Waals surface area contributed by atoms with Crippen LogP contribution in [0.1, 0.15) is 15.9 Å². The Morgan fingerprint density at radius 3 is 1.94 bits per heavy atom. The van der Waals surface area contributed by atoms with Gasteiger partial charge >= 0.3 is 0 Å². The predicted molar refractivity (Wildman–Crippen MR) is 81.4 cm³/mol. The number of rotatable bonds is 4. The van der Waals surface area contributed by atoms with Gasteiger partial charge in [-0.05, 0) is 5.56 Å². The molecule has 2 aromatic carbocycles. The van der Waals surface area contributed by atoms with E-state index in [9.17, 15) is 4.79 Å². The van der Waals surface area contributed by atoms with E-state index in [2.05, 4.69) is 0 Å². The van der Waals surface area contributed by atoms with Gasteiger partial charge in [0.15, 0.2) is 5.78 Å². The molecule has 0 N–H and O–H groups in total. The van der Waals surface area contributed by atoms with E-state index in [1.807, 2.05) is 60.7 Å². The maximum absolute atomic E-state index is 11.9. The minimum atomic E-state index is 0.110. The van der Waals surface area contributed by atoms with Gasteiger partial charge in [-0.3, -0.25) is 4.79 Å². The van der Waals surface area contributed by atoms with E-state index < -0.39 is 0 Å². The van der Waals surface area contributed by atoms with Crippen molar-refractivity contribution in [2.75, 3.05) is 5.75 Å². The lowest BCUT2D eigenvalue weighted by atomic mass is 10.2. The summed E-state index contributed by atoms with van der Waals surface area (Å²) in [6.45, 7) is 0. The number of ketones is 1. The van der Waals surface area contributed by atoms with Gasteiger partial charge in [-0.1, -0.05) is 72.9 Å². The number of carbonyl (C=O) groups excluding carboxylic acids is 1. The summed E-state index contributed by atoms with van der Waals surface area (Å²) in [5.41, 5.74) is 1.74. The predicted octanol–water partition coefficient (Wildman–Crippen LogP) is 3.98. The highest BCUT2D eigenvalue weighted by molar-refractivity contribution is 8.24. The van der Waals surface area contributed by atoms with E-state index in [4.69, 9.17) is 12.2 Å². The van der Waals surface area contributed by atoms with Gasteiger partial charge in [-0.15, -0.1) is 11.8 Å². The molecule has 0 aliphatic carbocycles. The van der Waals surface area contributed by atoms with Crippen LogP contribution in [0.25, 0.3) is 0 Å². The van der Waals surface area contributed by atoms with Crippen LogP contribution in [0, 0.1) is 0 Å². The minimum Gasteiger partial charge on any atom is -0.293 e. The van der Waals surface area contributed by atoms with Crippen molar-refractivity contribution >= 4 is 34.0 Å². The number of Topliss-reactive ketones (excluding diaryl/α,β-unsaturated/α-hetero) is 1. The largest absolute Gasteiger partial charge is 0.293 e. The Bertz CT molecular complexity index is 483. The minimum absolute atomic E-state index is 0.110. The quantitative estimate of drug-likeness (QED) is 0.619. The van der Waals surface area contributed by atoms with Crippen molar-refractivity contribution in [3.63, 3.8) is 0 Å². The fourth-order valence-corrected chi connectivity index (χ4v) is 2.54. The molecule has 0 unspecified atom stereocenters. The molecule has 90 valence electrons. The van der Waals surface area contributed by atoms with E-state index >= 15 is 0 Å². The zero-order valence-corrected chi connectivity index (χ0v) is 11.3. The Labute approximate surface area is 116 Å². The zero-order valence-electron chi connectivity index (χ0n) is 9.71. The normalized spacial score (nSPS) is 10.0. The fraction of sp³-hybridized carbons (Fsp3) is 0.0667. The van der Waals surface area contributed by atoms with Crippen LogP contribution in [0.4, 0.5) is 0 Å². The number of thioether (sulfide) groups is 1. The first-order chi connectivity index (χ1) is 8.77. The number of benzene rings is 2. The van der Waals surface area contributed by atoms with E-state index in [0.29, 0.717) is 5.75 Å². The van der Waals surface area contributed by atoms with Gasteiger partial charge in [0.25, 0.3) is 0 Å². The molecule has 0 fully saturated rings. The third-order valence-corrected chi connectivity index (χ3v) is 3.93. The molecule has 0 aliphatic rings. The number of hydrogen-bond donors (Lipinski definition) is 0. The molecule has 2 rings (SSSR count).